The normalized spacial score (nSPS) is 10.9. The summed E-state index contributed by atoms with van der Waals surface area (Å²) in [6.07, 6.45) is 0.695. The summed E-state index contributed by atoms with van der Waals surface area (Å²) < 4.78 is 4.37. The molecule has 0 aliphatic carbocycles. The molecule has 4 heteroatoms. The third kappa shape index (κ3) is 7.58. The molecule has 0 saturated carbocycles. The molecule has 0 aromatic rings. The van der Waals surface area contributed by atoms with Gasteiger partial charge in [0.05, 0.1) is 7.11 Å². The first kappa shape index (κ1) is 12.9. The minimum absolute atomic E-state index is 0.193. The molecule has 0 saturated heterocycles. The van der Waals surface area contributed by atoms with Crippen LogP contribution in [-0.4, -0.2) is 25.5 Å². The van der Waals surface area contributed by atoms with Crippen LogP contribution in [0.5, 0.6) is 0 Å². The number of nitrogens with one attached hydrogen (secondary N) is 1. The van der Waals surface area contributed by atoms with Crippen LogP contribution in [0.25, 0.3) is 0 Å². The molecule has 1 amide bonds. The minimum Gasteiger partial charge on any atom is -0.469 e. The molecule has 1 N–H and O–H groups in total. The van der Waals surface area contributed by atoms with Crippen LogP contribution in [0, 0.1) is 5.41 Å². The maximum atomic E-state index is 11.1. The van der Waals surface area contributed by atoms with Crippen LogP contribution in [0.3, 0.4) is 0 Å². The van der Waals surface area contributed by atoms with Gasteiger partial charge in [0, 0.05) is 6.54 Å². The third-order valence-corrected chi connectivity index (χ3v) is 1.73. The van der Waals surface area contributed by atoms with E-state index >= 15 is 0 Å². The fourth-order valence-electron chi connectivity index (χ4n) is 0.843. The van der Waals surface area contributed by atoms with E-state index in [1.807, 2.05) is 0 Å². The smallest absolute Gasteiger partial charge is 0.315 e. The predicted octanol–water partition coefficient (Wildman–Crippen LogP) is 1.10. The fourth-order valence-corrected chi connectivity index (χ4v) is 0.843. The summed E-state index contributed by atoms with van der Waals surface area (Å²) in [6.45, 7) is 6.89. The maximum Gasteiger partial charge on any atom is 0.315 e. The molecular weight excluding hydrogens is 182 g/mol. The van der Waals surface area contributed by atoms with Crippen LogP contribution in [0.1, 0.15) is 33.6 Å². The van der Waals surface area contributed by atoms with Gasteiger partial charge in [-0.05, 0) is 11.8 Å². The number of hydrogen-bond donors (Lipinski definition) is 1. The highest BCUT2D eigenvalue weighted by Crippen LogP contribution is 2.16. The summed E-state index contributed by atoms with van der Waals surface area (Å²) in [5.74, 6) is -0.778. The van der Waals surface area contributed by atoms with Crippen molar-refractivity contribution in [2.75, 3.05) is 13.7 Å². The highest BCUT2D eigenvalue weighted by molar-refractivity contribution is 5.94. The van der Waals surface area contributed by atoms with Crippen LogP contribution in [0.15, 0.2) is 0 Å². The molecule has 82 valence electrons. The van der Waals surface area contributed by atoms with E-state index in [1.165, 1.54) is 7.11 Å². The van der Waals surface area contributed by atoms with Crippen molar-refractivity contribution in [3.8, 4) is 0 Å². The van der Waals surface area contributed by atoms with Gasteiger partial charge in [0.1, 0.15) is 6.42 Å². The van der Waals surface area contributed by atoms with Gasteiger partial charge >= 0.3 is 5.97 Å². The molecule has 0 rings (SSSR count). The second kappa shape index (κ2) is 5.62. The number of rotatable bonds is 4. The number of esters is 1. The quantitative estimate of drug-likeness (QED) is 0.547. The molecule has 0 aromatic heterocycles. The van der Waals surface area contributed by atoms with Crippen LogP contribution in [-0.2, 0) is 14.3 Å². The van der Waals surface area contributed by atoms with Crippen molar-refractivity contribution in [1.29, 1.82) is 0 Å². The Bertz CT molecular complexity index is 206. The molecule has 0 bridgehead atoms. The zero-order valence-electron chi connectivity index (χ0n) is 9.35. The maximum absolute atomic E-state index is 11.1. The molecule has 0 aliphatic rings. The summed E-state index contributed by atoms with van der Waals surface area (Å²) in [7, 11) is 1.27. The van der Waals surface area contributed by atoms with Gasteiger partial charge in [0.15, 0.2) is 0 Å². The Morgan fingerprint density at radius 2 is 1.86 bits per heavy atom. The second-order valence-electron chi connectivity index (χ2n) is 4.41. The van der Waals surface area contributed by atoms with Crippen molar-refractivity contribution in [2.24, 2.45) is 5.41 Å². The lowest BCUT2D eigenvalue weighted by Crippen LogP contribution is -2.29. The third-order valence-electron chi connectivity index (χ3n) is 1.73. The summed E-state index contributed by atoms with van der Waals surface area (Å²) in [5, 5.41) is 2.66. The number of ether oxygens (including phenoxy) is 1. The second-order valence-corrected chi connectivity index (χ2v) is 4.41. The van der Waals surface area contributed by atoms with Gasteiger partial charge in [0.2, 0.25) is 5.91 Å². The minimum atomic E-state index is -0.502. The van der Waals surface area contributed by atoms with Gasteiger partial charge in [-0.2, -0.15) is 0 Å². The summed E-state index contributed by atoms with van der Waals surface area (Å²) in [4.78, 5) is 21.8. The molecule has 0 spiro atoms. The van der Waals surface area contributed by atoms with E-state index in [0.717, 1.165) is 6.42 Å². The number of methoxy groups -OCH3 is 1. The summed E-state index contributed by atoms with van der Waals surface area (Å²) in [5.41, 5.74) is 0.193. The van der Waals surface area contributed by atoms with Gasteiger partial charge in [-0.1, -0.05) is 20.8 Å². The van der Waals surface area contributed by atoms with Crippen molar-refractivity contribution in [2.45, 2.75) is 33.6 Å². The number of carbonyl (C=O) groups excluding carboxylic acids is 2. The molecule has 0 heterocycles. The zero-order chi connectivity index (χ0) is 11.2. The first-order chi connectivity index (χ1) is 6.35. The lowest BCUT2D eigenvalue weighted by atomic mass is 9.92. The Balaban J connectivity index is 3.60. The molecule has 0 unspecified atom stereocenters. The Kier molecular flexibility index (Phi) is 5.20. The first-order valence-electron chi connectivity index (χ1n) is 4.68. The molecule has 0 fully saturated rings. The largest absolute Gasteiger partial charge is 0.469 e. The van der Waals surface area contributed by atoms with Crippen LogP contribution >= 0.6 is 0 Å². The average Bonchev–Trinajstić information content (AvgIpc) is 2.01. The molecule has 0 atom stereocenters. The van der Waals surface area contributed by atoms with Crippen LogP contribution in [0.2, 0.25) is 0 Å². The lowest BCUT2D eigenvalue weighted by Gasteiger charge is -2.17. The van der Waals surface area contributed by atoms with E-state index in [0.29, 0.717) is 6.54 Å². The Labute approximate surface area is 85.0 Å². The number of carbonyl (C=O) groups is 2. The van der Waals surface area contributed by atoms with Gasteiger partial charge in [-0.15, -0.1) is 0 Å². The lowest BCUT2D eigenvalue weighted by molar-refractivity contribution is -0.143. The molecule has 0 aliphatic heterocycles. The topological polar surface area (TPSA) is 55.4 Å². The van der Waals surface area contributed by atoms with E-state index in [4.69, 9.17) is 0 Å². The Morgan fingerprint density at radius 3 is 2.29 bits per heavy atom. The van der Waals surface area contributed by atoms with Gasteiger partial charge in [-0.25, -0.2) is 0 Å². The van der Waals surface area contributed by atoms with Gasteiger partial charge in [-0.3, -0.25) is 9.59 Å². The number of hydrogen-bond acceptors (Lipinski definition) is 3. The molecular formula is C10H19NO3. The standard InChI is InChI=1S/C10H19NO3/c1-10(2,3)5-6-11-8(12)7-9(13)14-4/h5-7H2,1-4H3,(H,11,12). The van der Waals surface area contributed by atoms with Crippen LogP contribution < -0.4 is 5.32 Å². The van der Waals surface area contributed by atoms with Crippen molar-refractivity contribution in [3.63, 3.8) is 0 Å². The van der Waals surface area contributed by atoms with Crippen molar-refractivity contribution in [3.05, 3.63) is 0 Å². The highest BCUT2D eigenvalue weighted by Gasteiger charge is 2.12. The summed E-state index contributed by atoms with van der Waals surface area (Å²) in [6, 6.07) is 0. The van der Waals surface area contributed by atoms with Crippen molar-refractivity contribution >= 4 is 11.9 Å². The molecule has 0 radical (unpaired) electrons. The number of amides is 1. The monoisotopic (exact) mass is 201 g/mol. The van der Waals surface area contributed by atoms with E-state index in [9.17, 15) is 9.59 Å². The van der Waals surface area contributed by atoms with Gasteiger partial charge in [0.25, 0.3) is 0 Å². The van der Waals surface area contributed by atoms with E-state index < -0.39 is 5.97 Å². The molecule has 0 aromatic carbocycles. The average molecular weight is 201 g/mol. The molecule has 14 heavy (non-hydrogen) atoms. The zero-order valence-corrected chi connectivity index (χ0v) is 9.35. The Morgan fingerprint density at radius 1 is 1.29 bits per heavy atom. The first-order valence-corrected chi connectivity index (χ1v) is 4.68. The van der Waals surface area contributed by atoms with Crippen molar-refractivity contribution < 1.29 is 14.3 Å². The van der Waals surface area contributed by atoms with Crippen molar-refractivity contribution in [1.82, 2.24) is 5.32 Å². The van der Waals surface area contributed by atoms with Gasteiger partial charge < -0.3 is 10.1 Å². The van der Waals surface area contributed by atoms with E-state index in [1.54, 1.807) is 0 Å². The summed E-state index contributed by atoms with van der Waals surface area (Å²) >= 11 is 0. The fraction of sp³-hybridized carbons (Fsp3) is 0.800. The highest BCUT2D eigenvalue weighted by atomic mass is 16.5. The van der Waals surface area contributed by atoms with Crippen LogP contribution in [0.4, 0.5) is 0 Å². The van der Waals surface area contributed by atoms with E-state index in [-0.39, 0.29) is 17.7 Å². The van der Waals surface area contributed by atoms with E-state index in [2.05, 4.69) is 30.8 Å². The Hall–Kier alpha value is -1.06. The molecule has 4 nitrogen and oxygen atoms in total. The predicted molar refractivity (Wildman–Crippen MR) is 53.7 cm³/mol. The SMILES string of the molecule is COC(=O)CC(=O)NCCC(C)(C)C.